The molecule has 0 heterocycles. The van der Waals surface area contributed by atoms with Gasteiger partial charge in [-0.05, 0) is 45.8 Å². The van der Waals surface area contributed by atoms with E-state index in [4.69, 9.17) is 20.4 Å². The van der Waals surface area contributed by atoms with Crippen LogP contribution < -0.4 is 0 Å². The van der Waals surface area contributed by atoms with E-state index in [1.165, 1.54) is 24.3 Å². The molecule has 0 radical (unpaired) electrons. The van der Waals surface area contributed by atoms with Crippen LogP contribution in [0.2, 0.25) is 0 Å². The first-order valence-corrected chi connectivity index (χ1v) is 9.19. The molecular weight excluding hydrogens is 416 g/mol. The van der Waals surface area contributed by atoms with Gasteiger partial charge in [0.25, 0.3) is 0 Å². The molecule has 4 rings (SSSR count). The van der Waals surface area contributed by atoms with Crippen LogP contribution >= 0.6 is 0 Å². The molecule has 0 saturated carbocycles. The Hall–Kier alpha value is -4.72. The molecule has 0 saturated heterocycles. The lowest BCUT2D eigenvalue weighted by Crippen LogP contribution is -2.02. The van der Waals surface area contributed by atoms with Crippen molar-refractivity contribution >= 4 is 45.4 Å². The summed E-state index contributed by atoms with van der Waals surface area (Å²) >= 11 is 0. The lowest BCUT2D eigenvalue weighted by Gasteiger charge is -2.05. The molecule has 4 aromatic rings. The van der Waals surface area contributed by atoms with Crippen LogP contribution in [-0.4, -0.2) is 44.3 Å². The summed E-state index contributed by atoms with van der Waals surface area (Å²) in [5, 5.41) is 37.6. The van der Waals surface area contributed by atoms with Gasteiger partial charge in [0.15, 0.2) is 0 Å². The topological polar surface area (TPSA) is 149 Å². The van der Waals surface area contributed by atoms with E-state index < -0.39 is 23.9 Å². The molecule has 0 unspecified atom stereocenters. The van der Waals surface area contributed by atoms with E-state index in [-0.39, 0.29) is 22.3 Å². The minimum Gasteiger partial charge on any atom is -0.478 e. The van der Waals surface area contributed by atoms with Crippen LogP contribution in [0.1, 0.15) is 41.4 Å². The van der Waals surface area contributed by atoms with Crippen molar-refractivity contribution in [1.82, 2.24) is 0 Å². The van der Waals surface area contributed by atoms with Crippen LogP contribution in [0.5, 0.6) is 0 Å². The highest BCUT2D eigenvalue weighted by molar-refractivity contribution is 6.11. The van der Waals surface area contributed by atoms with Gasteiger partial charge in [-0.15, -0.1) is 0 Å². The van der Waals surface area contributed by atoms with Crippen molar-refractivity contribution in [2.45, 2.75) is 0 Å². The van der Waals surface area contributed by atoms with Gasteiger partial charge in [0.2, 0.25) is 0 Å². The van der Waals surface area contributed by atoms with Gasteiger partial charge in [0, 0.05) is 0 Å². The Labute approximate surface area is 180 Å². The third-order valence-corrected chi connectivity index (χ3v) is 4.77. The molecule has 160 valence electrons. The standard InChI is InChI=1S/2C12H8O4/c2*13-11(14)9-5-6-10(12(15)16)8-4-2-1-3-7(8)9/h2*1-6H,(H,13,14)(H,15,16). The van der Waals surface area contributed by atoms with Crippen LogP contribution in [0, 0.1) is 0 Å². The second-order valence-corrected chi connectivity index (χ2v) is 6.63. The van der Waals surface area contributed by atoms with E-state index in [1.54, 1.807) is 48.5 Å². The quantitative estimate of drug-likeness (QED) is 0.369. The van der Waals surface area contributed by atoms with Crippen molar-refractivity contribution in [2.75, 3.05) is 0 Å². The Morgan fingerprint density at radius 1 is 0.375 bits per heavy atom. The number of hydrogen-bond donors (Lipinski definition) is 4. The van der Waals surface area contributed by atoms with Crippen molar-refractivity contribution < 1.29 is 39.6 Å². The summed E-state index contributed by atoms with van der Waals surface area (Å²) in [4.78, 5) is 43.8. The molecule has 0 aromatic heterocycles. The molecule has 0 aliphatic heterocycles. The normalized spacial score (nSPS) is 10.2. The molecule has 0 amide bonds. The van der Waals surface area contributed by atoms with Crippen molar-refractivity contribution in [1.29, 1.82) is 0 Å². The van der Waals surface area contributed by atoms with Crippen LogP contribution in [0.15, 0.2) is 72.8 Å². The van der Waals surface area contributed by atoms with Crippen molar-refractivity contribution in [3.05, 3.63) is 95.1 Å². The number of carboxylic acid groups (broad SMARTS) is 4. The summed E-state index contributed by atoms with van der Waals surface area (Å²) < 4.78 is 0. The lowest BCUT2D eigenvalue weighted by molar-refractivity contribution is 0.0684. The molecule has 8 heteroatoms. The summed E-state index contributed by atoms with van der Waals surface area (Å²) in [6.45, 7) is 0. The minimum absolute atomic E-state index is 0.112. The second kappa shape index (κ2) is 8.97. The van der Waals surface area contributed by atoms with Crippen molar-refractivity contribution in [2.24, 2.45) is 0 Å². The largest absolute Gasteiger partial charge is 0.478 e. The number of carboxylic acids is 4. The Bertz CT molecular complexity index is 1180. The maximum Gasteiger partial charge on any atom is 0.336 e. The predicted molar refractivity (Wildman–Crippen MR) is 116 cm³/mol. The van der Waals surface area contributed by atoms with Gasteiger partial charge in [-0.2, -0.15) is 0 Å². The van der Waals surface area contributed by atoms with E-state index in [9.17, 15) is 19.2 Å². The fraction of sp³-hybridized carbons (Fsp3) is 0. The van der Waals surface area contributed by atoms with Crippen molar-refractivity contribution in [3.8, 4) is 0 Å². The number of benzene rings is 4. The highest BCUT2D eigenvalue weighted by Crippen LogP contribution is 2.24. The number of rotatable bonds is 4. The minimum atomic E-state index is -1.06. The van der Waals surface area contributed by atoms with E-state index in [1.807, 2.05) is 0 Å². The maximum absolute atomic E-state index is 10.9. The maximum atomic E-state index is 10.9. The van der Waals surface area contributed by atoms with E-state index in [0.717, 1.165) is 0 Å². The summed E-state index contributed by atoms with van der Waals surface area (Å²) in [5.41, 5.74) is 0.447. The summed E-state index contributed by atoms with van der Waals surface area (Å²) in [7, 11) is 0. The fourth-order valence-electron chi connectivity index (χ4n) is 3.34. The van der Waals surface area contributed by atoms with Crippen LogP contribution in [-0.2, 0) is 0 Å². The highest BCUT2D eigenvalue weighted by Gasteiger charge is 2.15. The van der Waals surface area contributed by atoms with Crippen molar-refractivity contribution in [3.63, 3.8) is 0 Å². The molecular formula is C24H16O8. The highest BCUT2D eigenvalue weighted by atomic mass is 16.4. The smallest absolute Gasteiger partial charge is 0.336 e. The van der Waals surface area contributed by atoms with Crippen LogP contribution in [0.25, 0.3) is 21.5 Å². The molecule has 0 aliphatic rings. The van der Waals surface area contributed by atoms with Gasteiger partial charge in [0.1, 0.15) is 0 Å². The summed E-state index contributed by atoms with van der Waals surface area (Å²) in [6, 6.07) is 18.4. The van der Waals surface area contributed by atoms with E-state index >= 15 is 0 Å². The zero-order chi connectivity index (χ0) is 23.4. The predicted octanol–water partition coefficient (Wildman–Crippen LogP) is 4.47. The Morgan fingerprint density at radius 2 is 0.562 bits per heavy atom. The van der Waals surface area contributed by atoms with Crippen LogP contribution in [0.4, 0.5) is 0 Å². The Balaban J connectivity index is 0.000000181. The number of hydrogen-bond acceptors (Lipinski definition) is 4. The van der Waals surface area contributed by atoms with Gasteiger partial charge in [0.05, 0.1) is 22.3 Å². The van der Waals surface area contributed by atoms with Gasteiger partial charge in [-0.25, -0.2) is 19.2 Å². The van der Waals surface area contributed by atoms with E-state index in [0.29, 0.717) is 21.5 Å². The molecule has 0 atom stereocenters. The zero-order valence-electron chi connectivity index (χ0n) is 16.4. The molecule has 0 fully saturated rings. The molecule has 32 heavy (non-hydrogen) atoms. The monoisotopic (exact) mass is 432 g/mol. The third kappa shape index (κ3) is 4.24. The summed E-state index contributed by atoms with van der Waals surface area (Å²) in [6.07, 6.45) is 0. The van der Waals surface area contributed by atoms with Crippen LogP contribution in [0.3, 0.4) is 0 Å². The first-order valence-electron chi connectivity index (χ1n) is 9.19. The Kier molecular flexibility index (Phi) is 6.16. The number of aromatic carboxylic acids is 4. The fourth-order valence-corrected chi connectivity index (χ4v) is 3.34. The molecule has 4 aromatic carbocycles. The average molecular weight is 432 g/mol. The second-order valence-electron chi connectivity index (χ2n) is 6.63. The molecule has 0 aliphatic carbocycles. The van der Waals surface area contributed by atoms with Gasteiger partial charge >= 0.3 is 23.9 Å². The lowest BCUT2D eigenvalue weighted by atomic mass is 10.00. The van der Waals surface area contributed by atoms with Gasteiger partial charge < -0.3 is 20.4 Å². The van der Waals surface area contributed by atoms with Gasteiger partial charge in [-0.1, -0.05) is 48.5 Å². The molecule has 4 N–H and O–H groups in total. The molecule has 0 spiro atoms. The Morgan fingerprint density at radius 3 is 0.719 bits per heavy atom. The molecule has 0 bridgehead atoms. The summed E-state index contributed by atoms with van der Waals surface area (Å²) in [5.74, 6) is -4.25. The number of fused-ring (bicyclic) bond motifs is 2. The average Bonchev–Trinajstić information content (AvgIpc) is 2.77. The zero-order valence-corrected chi connectivity index (χ0v) is 16.4. The first kappa shape index (κ1) is 22.0. The number of carbonyl (C=O) groups is 4. The first-order chi connectivity index (χ1) is 15.2. The SMILES string of the molecule is O=C(O)c1ccc(C(=O)O)c2ccccc12.O=C(O)c1ccc(C(=O)O)c2ccccc12. The van der Waals surface area contributed by atoms with Gasteiger partial charge in [-0.3, -0.25) is 0 Å². The molecule has 8 nitrogen and oxygen atoms in total. The van der Waals surface area contributed by atoms with E-state index in [2.05, 4.69) is 0 Å². The third-order valence-electron chi connectivity index (χ3n) is 4.77.